The molecule has 2 aliphatic rings. The second-order valence-corrected chi connectivity index (χ2v) is 8.00. The fourth-order valence-electron chi connectivity index (χ4n) is 4.03. The van der Waals surface area contributed by atoms with Crippen LogP contribution < -0.4 is 21.5 Å². The van der Waals surface area contributed by atoms with Crippen LogP contribution in [0.1, 0.15) is 29.6 Å². The van der Waals surface area contributed by atoms with Crippen LogP contribution in [0.4, 0.5) is 23.1 Å². The number of carbonyl (C=O) groups is 3. The Balaban J connectivity index is 1.49. The predicted molar refractivity (Wildman–Crippen MR) is 118 cm³/mol. The number of rotatable bonds is 8. The van der Waals surface area contributed by atoms with Crippen molar-refractivity contribution in [3.63, 3.8) is 0 Å². The summed E-state index contributed by atoms with van der Waals surface area (Å²) in [4.78, 5) is 55.6. The highest BCUT2D eigenvalue weighted by molar-refractivity contribution is 5.98. The Morgan fingerprint density at radius 3 is 2.64 bits per heavy atom. The average Bonchev–Trinajstić information content (AvgIpc) is 3.20. The third-order valence-electron chi connectivity index (χ3n) is 5.75. The molecule has 12 nitrogen and oxygen atoms in total. The first-order valence-corrected chi connectivity index (χ1v) is 10.3. The van der Waals surface area contributed by atoms with Crippen LogP contribution in [0.2, 0.25) is 0 Å². The number of benzene rings is 1. The van der Waals surface area contributed by atoms with Crippen molar-refractivity contribution in [1.82, 2.24) is 9.97 Å². The second-order valence-electron chi connectivity index (χ2n) is 8.00. The van der Waals surface area contributed by atoms with Gasteiger partial charge in [-0.3, -0.25) is 24.2 Å². The Hall–Kier alpha value is -4.22. The van der Waals surface area contributed by atoms with Crippen LogP contribution in [0.3, 0.4) is 0 Å². The molecule has 0 bridgehead atoms. The van der Waals surface area contributed by atoms with E-state index in [4.69, 9.17) is 10.8 Å². The zero-order valence-electron chi connectivity index (χ0n) is 17.5. The molecular formula is C21H23N6O6+. The lowest BCUT2D eigenvalue weighted by Gasteiger charge is -2.20. The minimum Gasteiger partial charge on any atom is -0.481 e. The maximum atomic E-state index is 12.5. The number of fused-ring (bicyclic) bond motifs is 3. The summed E-state index contributed by atoms with van der Waals surface area (Å²) in [5.74, 6) is -3.25. The fraction of sp³-hybridized carbons (Fsp3) is 0.333. The smallest absolute Gasteiger partial charge is 0.306 e. The Morgan fingerprint density at radius 1 is 1.24 bits per heavy atom. The molecule has 33 heavy (non-hydrogen) atoms. The van der Waals surface area contributed by atoms with E-state index >= 15 is 0 Å². The van der Waals surface area contributed by atoms with E-state index in [1.165, 1.54) is 0 Å². The fourth-order valence-corrected chi connectivity index (χ4v) is 4.03. The highest BCUT2D eigenvalue weighted by Crippen LogP contribution is 2.29. The number of hydrogen-bond acceptors (Lipinski definition) is 8. The molecule has 0 radical (unpaired) electrons. The molecule has 6 N–H and O–H groups in total. The molecule has 3 heterocycles. The van der Waals surface area contributed by atoms with Crippen molar-refractivity contribution in [2.75, 3.05) is 29.0 Å². The van der Waals surface area contributed by atoms with Crippen LogP contribution in [0, 0.1) is 5.92 Å². The number of nitrogens with one attached hydrogen (secondary N) is 2. The number of carboxylic acid groups (broad SMARTS) is 2. The third kappa shape index (κ3) is 4.54. The van der Waals surface area contributed by atoms with Gasteiger partial charge in [0.1, 0.15) is 12.2 Å². The Bertz CT molecular complexity index is 1200. The zero-order valence-corrected chi connectivity index (χ0v) is 17.5. The largest absolute Gasteiger partial charge is 0.481 e. The van der Waals surface area contributed by atoms with Crippen LogP contribution in [0.5, 0.6) is 0 Å². The lowest BCUT2D eigenvalue weighted by atomic mass is 9.94. The number of carboxylic acids is 2. The van der Waals surface area contributed by atoms with Gasteiger partial charge >= 0.3 is 17.5 Å². The second kappa shape index (κ2) is 8.73. The van der Waals surface area contributed by atoms with Crippen molar-refractivity contribution in [1.29, 1.82) is 0 Å². The molecule has 0 unspecified atom stereocenters. The Labute approximate surface area is 187 Å². The van der Waals surface area contributed by atoms with Crippen molar-refractivity contribution < 1.29 is 29.2 Å². The molecule has 2 aliphatic heterocycles. The molecule has 0 spiro atoms. The van der Waals surface area contributed by atoms with Gasteiger partial charge in [0, 0.05) is 18.4 Å². The topological polar surface area (TPSA) is 182 Å². The van der Waals surface area contributed by atoms with Gasteiger partial charge in [-0.2, -0.15) is 4.98 Å². The minimum absolute atomic E-state index is 0.00380. The van der Waals surface area contributed by atoms with Gasteiger partial charge in [0.15, 0.2) is 17.6 Å². The number of aliphatic carboxylic acids is 2. The van der Waals surface area contributed by atoms with Gasteiger partial charge in [0.2, 0.25) is 18.0 Å². The summed E-state index contributed by atoms with van der Waals surface area (Å²) in [6.45, 7) is 1.17. The van der Waals surface area contributed by atoms with E-state index in [-0.39, 0.29) is 42.6 Å². The first kappa shape index (κ1) is 22.0. The maximum Gasteiger partial charge on any atom is 0.306 e. The number of H-pyrrole nitrogens is 1. The monoisotopic (exact) mass is 455 g/mol. The summed E-state index contributed by atoms with van der Waals surface area (Å²) in [7, 11) is 0. The van der Waals surface area contributed by atoms with E-state index in [9.17, 15) is 24.3 Å². The quantitative estimate of drug-likeness (QED) is 0.277. The number of anilines is 3. The summed E-state index contributed by atoms with van der Waals surface area (Å²) in [6, 6.07) is 6.71. The molecule has 4 rings (SSSR count). The standard InChI is InChI=1S/C21H22N6O6/c22-21-24-18-17(19(31)25-21)27-10-26(9-14(27)8-23-18)13-4-1-11(2-5-13)15(28)7-12(20(32)33)3-6-16(29)30/h1-2,4-5,10,12,14H,3,6-9H2,(H5-,22,23,24,25,29,30,31,32,33)/p+1/t12-,14-/m1/s1. The molecule has 0 amide bonds. The number of ketones is 1. The molecule has 1 aromatic heterocycles. The number of aromatic amines is 1. The first-order chi connectivity index (χ1) is 15.7. The number of aromatic nitrogens is 2. The van der Waals surface area contributed by atoms with E-state index in [1.54, 1.807) is 30.6 Å². The predicted octanol–water partition coefficient (Wildman–Crippen LogP) is 0.477. The van der Waals surface area contributed by atoms with Crippen LogP contribution in [-0.2, 0) is 9.59 Å². The third-order valence-corrected chi connectivity index (χ3v) is 5.75. The number of nitrogens with two attached hydrogens (primary N) is 1. The van der Waals surface area contributed by atoms with Gasteiger partial charge in [-0.1, -0.05) is 0 Å². The average molecular weight is 455 g/mol. The maximum absolute atomic E-state index is 12.5. The van der Waals surface area contributed by atoms with Gasteiger partial charge in [0.05, 0.1) is 12.5 Å². The molecule has 0 saturated heterocycles. The van der Waals surface area contributed by atoms with Crippen LogP contribution in [-0.4, -0.2) is 67.9 Å². The summed E-state index contributed by atoms with van der Waals surface area (Å²) in [5, 5.41) is 21.2. The van der Waals surface area contributed by atoms with Crippen LogP contribution in [0.25, 0.3) is 0 Å². The van der Waals surface area contributed by atoms with E-state index in [0.29, 0.717) is 30.2 Å². The molecular weight excluding hydrogens is 432 g/mol. The summed E-state index contributed by atoms with van der Waals surface area (Å²) in [6.07, 6.45) is 1.12. The summed E-state index contributed by atoms with van der Waals surface area (Å²) < 4.78 is 1.84. The van der Waals surface area contributed by atoms with Crippen molar-refractivity contribution in [2.24, 2.45) is 5.92 Å². The number of nitrogens with zero attached hydrogens (tertiary/aromatic N) is 3. The highest BCUT2D eigenvalue weighted by atomic mass is 16.4. The van der Waals surface area contributed by atoms with Gasteiger partial charge in [0.25, 0.3) is 0 Å². The molecule has 12 heteroatoms. The highest BCUT2D eigenvalue weighted by Gasteiger charge is 2.39. The van der Waals surface area contributed by atoms with Crippen molar-refractivity contribution in [3.8, 4) is 0 Å². The molecule has 2 atom stereocenters. The molecule has 0 fully saturated rings. The molecule has 2 aromatic rings. The Morgan fingerprint density at radius 2 is 1.97 bits per heavy atom. The number of Topliss-reactive ketones (excluding diaryl/α,β-unsaturated/α-hetero) is 1. The molecule has 172 valence electrons. The van der Waals surface area contributed by atoms with Crippen LogP contribution >= 0.6 is 0 Å². The summed E-state index contributed by atoms with van der Waals surface area (Å²) >= 11 is 0. The van der Waals surface area contributed by atoms with Crippen molar-refractivity contribution in [3.05, 3.63) is 40.2 Å². The minimum atomic E-state index is -1.19. The van der Waals surface area contributed by atoms with E-state index in [0.717, 1.165) is 5.69 Å². The zero-order chi connectivity index (χ0) is 23.7. The molecule has 0 aliphatic carbocycles. The van der Waals surface area contributed by atoms with Gasteiger partial charge in [-0.05, 0) is 30.7 Å². The SMILES string of the molecule is Nc1nc2c(c(=O)[nH]1)[N+]1=CN(c3ccc(C(=O)C[C@@H](CCC(=O)O)C(=O)O)cc3)C[C@H]1CN2. The lowest BCUT2D eigenvalue weighted by Crippen LogP contribution is -2.38. The number of hydrogen-bond donors (Lipinski definition) is 5. The van der Waals surface area contributed by atoms with E-state index < -0.39 is 17.9 Å². The van der Waals surface area contributed by atoms with Crippen molar-refractivity contribution >= 4 is 47.2 Å². The van der Waals surface area contributed by atoms with Crippen molar-refractivity contribution in [2.45, 2.75) is 25.3 Å². The summed E-state index contributed by atoms with van der Waals surface area (Å²) in [5.41, 5.74) is 6.81. The first-order valence-electron chi connectivity index (χ1n) is 10.3. The lowest BCUT2D eigenvalue weighted by molar-refractivity contribution is -0.468. The normalized spacial score (nSPS) is 17.4. The van der Waals surface area contributed by atoms with Gasteiger partial charge < -0.3 is 21.3 Å². The Kier molecular flexibility index (Phi) is 5.82. The number of nitrogen functional groups attached to an aromatic ring is 1. The van der Waals surface area contributed by atoms with E-state index in [1.807, 2.05) is 9.48 Å². The van der Waals surface area contributed by atoms with E-state index in [2.05, 4.69) is 15.3 Å². The van der Waals surface area contributed by atoms with Gasteiger partial charge in [-0.15, -0.1) is 0 Å². The van der Waals surface area contributed by atoms with Gasteiger partial charge in [-0.25, -0.2) is 9.48 Å². The molecule has 0 saturated carbocycles. The molecule has 1 aromatic carbocycles. The number of carbonyl (C=O) groups excluding carboxylic acids is 1. The van der Waals surface area contributed by atoms with Crippen LogP contribution in [0.15, 0.2) is 29.1 Å².